The van der Waals surface area contributed by atoms with Crippen molar-refractivity contribution in [1.82, 2.24) is 10.2 Å². The zero-order valence-electron chi connectivity index (χ0n) is 11.9. The molecule has 1 aromatic rings. The summed E-state index contributed by atoms with van der Waals surface area (Å²) in [6, 6.07) is 6.17. The van der Waals surface area contributed by atoms with Crippen LogP contribution in [-0.4, -0.2) is 35.3 Å². The molecular formula is C15H21N3O2S. The lowest BCUT2D eigenvalue weighted by molar-refractivity contribution is 0.151. The Morgan fingerprint density at radius 3 is 3.19 bits per heavy atom. The molecule has 2 heterocycles. The quantitative estimate of drug-likeness (QED) is 0.723. The molecule has 3 rings (SSSR count). The van der Waals surface area contributed by atoms with Crippen molar-refractivity contribution in [2.45, 2.75) is 30.2 Å². The smallest absolute Gasteiger partial charge is 0.122 e. The van der Waals surface area contributed by atoms with Gasteiger partial charge in [-0.2, -0.15) is 0 Å². The molecule has 21 heavy (non-hydrogen) atoms. The van der Waals surface area contributed by atoms with Crippen LogP contribution in [0.1, 0.15) is 18.4 Å². The van der Waals surface area contributed by atoms with E-state index in [4.69, 9.17) is 10.5 Å². The van der Waals surface area contributed by atoms with Gasteiger partial charge in [0.2, 0.25) is 0 Å². The molecule has 1 atom stereocenters. The largest absolute Gasteiger partial charge is 0.491 e. The van der Waals surface area contributed by atoms with Gasteiger partial charge in [0.1, 0.15) is 12.4 Å². The van der Waals surface area contributed by atoms with Crippen molar-refractivity contribution in [1.29, 1.82) is 0 Å². The maximum absolute atomic E-state index is 9.19. The molecule has 0 bridgehead atoms. The Balaban J connectivity index is 1.72. The lowest BCUT2D eigenvalue weighted by Gasteiger charge is -2.35. The van der Waals surface area contributed by atoms with Crippen LogP contribution in [0.3, 0.4) is 0 Å². The summed E-state index contributed by atoms with van der Waals surface area (Å²) in [5, 5.41) is 3.30. The molecule has 0 aromatic heterocycles. The molecule has 6 heteroatoms. The van der Waals surface area contributed by atoms with Gasteiger partial charge in [0.05, 0.1) is 12.7 Å². The Bertz CT molecular complexity index is 536. The number of hydrogen-bond donors (Lipinski definition) is 3. The molecule has 0 spiro atoms. The predicted octanol–water partition coefficient (Wildman–Crippen LogP) is 2.00. The highest BCUT2D eigenvalue weighted by Crippen LogP contribution is 2.32. The Hall–Kier alpha value is -1.37. The SMILES string of the molecule is NCCCC1=CNCN1C1COc2ccc(SO)cc2C1. The van der Waals surface area contributed by atoms with Crippen molar-refractivity contribution in [2.24, 2.45) is 5.73 Å². The van der Waals surface area contributed by atoms with Gasteiger partial charge in [0, 0.05) is 28.8 Å². The molecule has 0 fully saturated rings. The van der Waals surface area contributed by atoms with E-state index in [0.717, 1.165) is 54.2 Å². The Kier molecular flexibility index (Phi) is 4.57. The second kappa shape index (κ2) is 6.60. The van der Waals surface area contributed by atoms with Crippen LogP contribution >= 0.6 is 12.0 Å². The first-order chi connectivity index (χ1) is 10.3. The number of allylic oxidation sites excluding steroid dienone is 1. The first-order valence-electron chi connectivity index (χ1n) is 7.28. The topological polar surface area (TPSA) is 70.8 Å². The van der Waals surface area contributed by atoms with Crippen LogP contribution < -0.4 is 15.8 Å². The Labute approximate surface area is 129 Å². The summed E-state index contributed by atoms with van der Waals surface area (Å²) >= 11 is 0.780. The zero-order chi connectivity index (χ0) is 14.7. The van der Waals surface area contributed by atoms with Crippen LogP contribution in [0.4, 0.5) is 0 Å². The van der Waals surface area contributed by atoms with Gasteiger partial charge in [-0.1, -0.05) is 0 Å². The van der Waals surface area contributed by atoms with Crippen LogP contribution in [-0.2, 0) is 6.42 Å². The first kappa shape index (κ1) is 14.6. The highest BCUT2D eigenvalue weighted by Gasteiger charge is 2.28. The number of ether oxygens (including phenoxy) is 1. The lowest BCUT2D eigenvalue weighted by Crippen LogP contribution is -2.42. The van der Waals surface area contributed by atoms with Gasteiger partial charge in [-0.25, -0.2) is 0 Å². The molecule has 4 N–H and O–H groups in total. The summed E-state index contributed by atoms with van der Waals surface area (Å²) in [5.74, 6) is 0.934. The summed E-state index contributed by atoms with van der Waals surface area (Å²) in [7, 11) is 0. The number of nitrogens with zero attached hydrogens (tertiary/aromatic N) is 1. The molecule has 0 amide bonds. The van der Waals surface area contributed by atoms with Crippen LogP contribution in [0.2, 0.25) is 0 Å². The molecule has 0 saturated heterocycles. The van der Waals surface area contributed by atoms with E-state index in [1.54, 1.807) is 0 Å². The van der Waals surface area contributed by atoms with Crippen LogP contribution in [0.5, 0.6) is 5.75 Å². The van der Waals surface area contributed by atoms with E-state index < -0.39 is 0 Å². The molecule has 0 saturated carbocycles. The number of rotatable bonds is 5. The van der Waals surface area contributed by atoms with Crippen molar-refractivity contribution in [3.63, 3.8) is 0 Å². The normalized spacial score (nSPS) is 20.6. The highest BCUT2D eigenvalue weighted by atomic mass is 32.2. The lowest BCUT2D eigenvalue weighted by atomic mass is 10.0. The van der Waals surface area contributed by atoms with Crippen LogP contribution in [0, 0.1) is 0 Å². The van der Waals surface area contributed by atoms with E-state index in [-0.39, 0.29) is 0 Å². The number of nitrogens with two attached hydrogens (primary N) is 1. The van der Waals surface area contributed by atoms with Gasteiger partial charge >= 0.3 is 0 Å². The van der Waals surface area contributed by atoms with Crippen molar-refractivity contribution in [3.05, 3.63) is 35.7 Å². The number of hydrogen-bond acceptors (Lipinski definition) is 6. The number of benzene rings is 1. The van der Waals surface area contributed by atoms with E-state index in [1.165, 1.54) is 5.70 Å². The van der Waals surface area contributed by atoms with Gasteiger partial charge in [-0.05, 0) is 49.6 Å². The fourth-order valence-corrected chi connectivity index (χ4v) is 3.24. The standard InChI is InChI=1S/C15H21N3O2S/c16-5-1-2-12-8-17-10-18(12)13-6-11-7-14(21-19)3-4-15(11)20-9-13/h3-4,7-8,13,17,19H,1-2,5-6,9-10,16H2. The number of nitrogens with one attached hydrogen (secondary N) is 1. The predicted molar refractivity (Wildman–Crippen MR) is 84.1 cm³/mol. The first-order valence-corrected chi connectivity index (χ1v) is 8.05. The minimum Gasteiger partial charge on any atom is -0.491 e. The third-order valence-corrected chi connectivity index (χ3v) is 4.47. The average molecular weight is 307 g/mol. The Morgan fingerprint density at radius 2 is 2.38 bits per heavy atom. The summed E-state index contributed by atoms with van der Waals surface area (Å²) < 4.78 is 15.1. The second-order valence-electron chi connectivity index (χ2n) is 5.39. The van der Waals surface area contributed by atoms with Crippen molar-refractivity contribution in [3.8, 4) is 5.75 Å². The third-order valence-electron chi connectivity index (χ3n) is 4.00. The summed E-state index contributed by atoms with van der Waals surface area (Å²) in [4.78, 5) is 3.23. The molecule has 2 aliphatic heterocycles. The van der Waals surface area contributed by atoms with E-state index in [1.807, 2.05) is 18.2 Å². The zero-order valence-corrected chi connectivity index (χ0v) is 12.7. The Morgan fingerprint density at radius 1 is 1.48 bits per heavy atom. The summed E-state index contributed by atoms with van der Waals surface area (Å²) in [6.45, 7) is 2.24. The minimum absolute atomic E-state index is 0.329. The van der Waals surface area contributed by atoms with Gasteiger partial charge in [-0.3, -0.25) is 0 Å². The van der Waals surface area contributed by atoms with Crippen molar-refractivity contribution < 1.29 is 9.29 Å². The fraction of sp³-hybridized carbons (Fsp3) is 0.467. The van der Waals surface area contributed by atoms with Gasteiger partial charge in [0.15, 0.2) is 0 Å². The number of fused-ring (bicyclic) bond motifs is 1. The van der Waals surface area contributed by atoms with Crippen molar-refractivity contribution >= 4 is 12.0 Å². The van der Waals surface area contributed by atoms with Gasteiger partial charge in [-0.15, -0.1) is 0 Å². The maximum atomic E-state index is 9.19. The van der Waals surface area contributed by atoms with Gasteiger partial charge < -0.3 is 25.2 Å². The molecule has 5 nitrogen and oxygen atoms in total. The van der Waals surface area contributed by atoms with Gasteiger partial charge in [0.25, 0.3) is 0 Å². The summed E-state index contributed by atoms with van der Waals surface area (Å²) in [6.07, 6.45) is 5.02. The third kappa shape index (κ3) is 3.12. The monoisotopic (exact) mass is 307 g/mol. The molecule has 1 unspecified atom stereocenters. The molecular weight excluding hydrogens is 286 g/mol. The van der Waals surface area contributed by atoms with E-state index in [0.29, 0.717) is 19.2 Å². The van der Waals surface area contributed by atoms with E-state index in [2.05, 4.69) is 16.4 Å². The van der Waals surface area contributed by atoms with Crippen LogP contribution in [0.25, 0.3) is 0 Å². The highest BCUT2D eigenvalue weighted by molar-refractivity contribution is 7.93. The minimum atomic E-state index is 0.329. The maximum Gasteiger partial charge on any atom is 0.122 e. The van der Waals surface area contributed by atoms with E-state index >= 15 is 0 Å². The molecule has 114 valence electrons. The molecule has 2 aliphatic rings. The molecule has 0 radical (unpaired) electrons. The fourth-order valence-electron chi connectivity index (χ4n) is 2.92. The van der Waals surface area contributed by atoms with Crippen molar-refractivity contribution in [2.75, 3.05) is 19.8 Å². The molecule has 0 aliphatic carbocycles. The average Bonchev–Trinajstić information content (AvgIpc) is 3.00. The second-order valence-corrected chi connectivity index (χ2v) is 6.04. The van der Waals surface area contributed by atoms with E-state index in [9.17, 15) is 4.55 Å². The van der Waals surface area contributed by atoms with Crippen LogP contribution in [0.15, 0.2) is 35.0 Å². The molecule has 1 aromatic carbocycles. The summed E-state index contributed by atoms with van der Waals surface area (Å²) in [5.41, 5.74) is 8.08.